The van der Waals surface area contributed by atoms with Crippen molar-refractivity contribution in [3.8, 4) is 5.88 Å². The SMILES string of the molecule is COc1cc(C)nc(N(C)n2cncn2)n1. The van der Waals surface area contributed by atoms with Gasteiger partial charge in [-0.2, -0.15) is 9.77 Å². The molecule has 2 heterocycles. The number of ether oxygens (including phenoxy) is 1. The summed E-state index contributed by atoms with van der Waals surface area (Å²) >= 11 is 0. The normalized spacial score (nSPS) is 10.2. The summed E-state index contributed by atoms with van der Waals surface area (Å²) in [7, 11) is 3.36. The first-order valence-corrected chi connectivity index (χ1v) is 4.69. The quantitative estimate of drug-likeness (QED) is 0.740. The molecule has 7 heteroatoms. The average Bonchev–Trinajstić information content (AvgIpc) is 2.80. The van der Waals surface area contributed by atoms with Crippen molar-refractivity contribution in [1.82, 2.24) is 24.8 Å². The number of hydrogen-bond donors (Lipinski definition) is 0. The van der Waals surface area contributed by atoms with E-state index in [9.17, 15) is 0 Å². The van der Waals surface area contributed by atoms with Crippen LogP contribution in [0.15, 0.2) is 18.7 Å². The van der Waals surface area contributed by atoms with E-state index in [0.717, 1.165) is 5.69 Å². The van der Waals surface area contributed by atoms with Crippen LogP contribution in [0.5, 0.6) is 5.88 Å². The molecule has 0 aliphatic rings. The van der Waals surface area contributed by atoms with Gasteiger partial charge >= 0.3 is 0 Å². The second kappa shape index (κ2) is 4.13. The van der Waals surface area contributed by atoms with Crippen molar-refractivity contribution in [3.63, 3.8) is 0 Å². The van der Waals surface area contributed by atoms with Gasteiger partial charge in [0.05, 0.1) is 7.11 Å². The molecule has 0 aromatic carbocycles. The number of methoxy groups -OCH3 is 1. The maximum Gasteiger partial charge on any atom is 0.249 e. The topological polar surface area (TPSA) is 69.0 Å². The summed E-state index contributed by atoms with van der Waals surface area (Å²) in [5, 5.41) is 5.66. The Morgan fingerprint density at radius 3 is 2.81 bits per heavy atom. The fourth-order valence-corrected chi connectivity index (χ4v) is 1.22. The van der Waals surface area contributed by atoms with Gasteiger partial charge in [-0.3, -0.25) is 0 Å². The molecular formula is C9H12N6O. The molecular weight excluding hydrogens is 208 g/mol. The van der Waals surface area contributed by atoms with Gasteiger partial charge in [0.25, 0.3) is 0 Å². The molecule has 84 valence electrons. The molecule has 0 atom stereocenters. The van der Waals surface area contributed by atoms with Crippen LogP contribution in [0.1, 0.15) is 5.69 Å². The highest BCUT2D eigenvalue weighted by molar-refractivity contribution is 5.32. The lowest BCUT2D eigenvalue weighted by Crippen LogP contribution is -2.27. The van der Waals surface area contributed by atoms with E-state index in [-0.39, 0.29) is 0 Å². The van der Waals surface area contributed by atoms with Crippen LogP contribution in [-0.2, 0) is 0 Å². The van der Waals surface area contributed by atoms with Crippen molar-refractivity contribution in [2.75, 3.05) is 19.2 Å². The van der Waals surface area contributed by atoms with Crippen molar-refractivity contribution >= 4 is 5.95 Å². The average molecular weight is 220 g/mol. The van der Waals surface area contributed by atoms with E-state index in [4.69, 9.17) is 4.74 Å². The van der Waals surface area contributed by atoms with Crippen LogP contribution in [0.2, 0.25) is 0 Å². The first-order valence-electron chi connectivity index (χ1n) is 4.69. The summed E-state index contributed by atoms with van der Waals surface area (Å²) < 4.78 is 5.08. The molecule has 0 fully saturated rings. The fraction of sp³-hybridized carbons (Fsp3) is 0.333. The maximum atomic E-state index is 5.08. The number of nitrogens with zero attached hydrogens (tertiary/aromatic N) is 6. The summed E-state index contributed by atoms with van der Waals surface area (Å²) in [5.74, 6) is 1.02. The smallest absolute Gasteiger partial charge is 0.249 e. The second-order valence-corrected chi connectivity index (χ2v) is 3.19. The highest BCUT2D eigenvalue weighted by atomic mass is 16.5. The summed E-state index contributed by atoms with van der Waals surface area (Å²) in [6.45, 7) is 1.88. The Bertz CT molecular complexity index is 469. The molecule has 2 aromatic heterocycles. The predicted molar refractivity (Wildman–Crippen MR) is 57.1 cm³/mol. The fourth-order valence-electron chi connectivity index (χ4n) is 1.22. The van der Waals surface area contributed by atoms with E-state index in [1.165, 1.54) is 11.1 Å². The second-order valence-electron chi connectivity index (χ2n) is 3.19. The third kappa shape index (κ3) is 1.92. The molecule has 7 nitrogen and oxygen atoms in total. The molecule has 0 saturated heterocycles. The van der Waals surface area contributed by atoms with Gasteiger partial charge in [0.1, 0.15) is 12.7 Å². The first kappa shape index (κ1) is 10.3. The molecule has 0 bridgehead atoms. The van der Waals surface area contributed by atoms with E-state index in [1.807, 2.05) is 6.92 Å². The van der Waals surface area contributed by atoms with Gasteiger partial charge < -0.3 is 4.74 Å². The van der Waals surface area contributed by atoms with E-state index < -0.39 is 0 Å². The zero-order chi connectivity index (χ0) is 11.5. The highest BCUT2D eigenvalue weighted by Crippen LogP contribution is 2.13. The van der Waals surface area contributed by atoms with Crippen molar-refractivity contribution in [1.29, 1.82) is 0 Å². The van der Waals surface area contributed by atoms with E-state index >= 15 is 0 Å². The molecule has 2 rings (SSSR count). The Labute approximate surface area is 92.7 Å². The van der Waals surface area contributed by atoms with Crippen molar-refractivity contribution < 1.29 is 4.74 Å². The van der Waals surface area contributed by atoms with Crippen LogP contribution in [0.3, 0.4) is 0 Å². The molecule has 0 unspecified atom stereocenters. The van der Waals surface area contributed by atoms with Crippen LogP contribution in [0.25, 0.3) is 0 Å². The Morgan fingerprint density at radius 2 is 2.19 bits per heavy atom. The largest absolute Gasteiger partial charge is 0.481 e. The van der Waals surface area contributed by atoms with Gasteiger partial charge in [-0.25, -0.2) is 15.0 Å². The zero-order valence-electron chi connectivity index (χ0n) is 9.32. The highest BCUT2D eigenvalue weighted by Gasteiger charge is 2.09. The molecule has 0 spiro atoms. The molecule has 2 aromatic rings. The molecule has 0 aliphatic heterocycles. The standard InChI is InChI=1S/C9H12N6O/c1-7-4-8(16-3)13-9(12-7)14(2)15-6-10-5-11-15/h4-6H,1-3H3. The minimum absolute atomic E-state index is 0.502. The van der Waals surface area contributed by atoms with E-state index in [1.54, 1.807) is 31.6 Å². The summed E-state index contributed by atoms with van der Waals surface area (Å²) in [4.78, 5) is 13.9. The Kier molecular flexibility index (Phi) is 2.67. The van der Waals surface area contributed by atoms with Crippen LogP contribution in [-0.4, -0.2) is 39.0 Å². The van der Waals surface area contributed by atoms with Crippen LogP contribution in [0.4, 0.5) is 5.95 Å². The Balaban J connectivity index is 2.36. The molecule has 0 radical (unpaired) electrons. The number of aromatic nitrogens is 5. The van der Waals surface area contributed by atoms with Gasteiger partial charge in [-0.15, -0.1) is 5.10 Å². The third-order valence-electron chi connectivity index (χ3n) is 2.03. The van der Waals surface area contributed by atoms with Crippen LogP contribution < -0.4 is 9.75 Å². The van der Waals surface area contributed by atoms with Gasteiger partial charge in [0.2, 0.25) is 11.8 Å². The van der Waals surface area contributed by atoms with Gasteiger partial charge in [-0.05, 0) is 6.92 Å². The van der Waals surface area contributed by atoms with Gasteiger partial charge in [-0.1, -0.05) is 0 Å². The lowest BCUT2D eigenvalue weighted by molar-refractivity contribution is 0.395. The van der Waals surface area contributed by atoms with Gasteiger partial charge in [0.15, 0.2) is 0 Å². The van der Waals surface area contributed by atoms with E-state index in [2.05, 4.69) is 20.1 Å². The molecule has 16 heavy (non-hydrogen) atoms. The molecule has 0 amide bonds. The Hall–Kier alpha value is -2.18. The maximum absolute atomic E-state index is 5.08. The summed E-state index contributed by atoms with van der Waals surface area (Å²) in [5.41, 5.74) is 0.828. The summed E-state index contributed by atoms with van der Waals surface area (Å²) in [6.07, 6.45) is 3.02. The lowest BCUT2D eigenvalue weighted by Gasteiger charge is -2.16. The van der Waals surface area contributed by atoms with Crippen molar-refractivity contribution in [2.24, 2.45) is 0 Å². The molecule has 0 aliphatic carbocycles. The minimum Gasteiger partial charge on any atom is -0.481 e. The number of hydrogen-bond acceptors (Lipinski definition) is 6. The van der Waals surface area contributed by atoms with E-state index in [0.29, 0.717) is 11.8 Å². The third-order valence-corrected chi connectivity index (χ3v) is 2.03. The number of aryl methyl sites for hydroxylation is 1. The lowest BCUT2D eigenvalue weighted by atomic mass is 10.4. The minimum atomic E-state index is 0.502. The summed E-state index contributed by atoms with van der Waals surface area (Å²) in [6, 6.07) is 1.76. The van der Waals surface area contributed by atoms with Gasteiger partial charge in [0, 0.05) is 18.8 Å². The number of rotatable bonds is 3. The molecule has 0 saturated carbocycles. The first-order chi connectivity index (χ1) is 7.70. The van der Waals surface area contributed by atoms with Crippen molar-refractivity contribution in [3.05, 3.63) is 24.4 Å². The predicted octanol–water partition coefficient (Wildman–Crippen LogP) is 0.285. The van der Waals surface area contributed by atoms with Crippen molar-refractivity contribution in [2.45, 2.75) is 6.92 Å². The Morgan fingerprint density at radius 1 is 1.38 bits per heavy atom. The van der Waals surface area contributed by atoms with Crippen LogP contribution in [0, 0.1) is 6.92 Å². The van der Waals surface area contributed by atoms with Crippen LogP contribution >= 0.6 is 0 Å². The zero-order valence-corrected chi connectivity index (χ0v) is 9.32. The molecule has 0 N–H and O–H groups in total. The number of anilines is 1. The monoisotopic (exact) mass is 220 g/mol.